The molecule has 7 nitrogen and oxygen atoms in total. The maximum Gasteiger partial charge on any atom is 0.272 e. The molecule has 0 radical (unpaired) electrons. The number of rotatable bonds is 3. The van der Waals surface area contributed by atoms with Crippen LogP contribution in [-0.4, -0.2) is 32.5 Å². The zero-order valence-corrected chi connectivity index (χ0v) is 15.6. The van der Waals surface area contributed by atoms with Crippen molar-refractivity contribution in [2.24, 2.45) is 0 Å². The van der Waals surface area contributed by atoms with Gasteiger partial charge in [0.2, 0.25) is 5.91 Å². The smallest absolute Gasteiger partial charge is 0.272 e. The SMILES string of the molecule is Cc1cc(C)n2nc(C(=O)NC3CCC(=O)NC3c3cccc(F)c3)cc2n1. The Morgan fingerprint density at radius 2 is 2.11 bits per heavy atom. The molecule has 3 heterocycles. The molecule has 0 aliphatic carbocycles. The van der Waals surface area contributed by atoms with Crippen LogP contribution in [0.15, 0.2) is 36.4 Å². The number of hydrogen-bond acceptors (Lipinski definition) is 4. The Labute approximate surface area is 161 Å². The van der Waals surface area contributed by atoms with Crippen LogP contribution < -0.4 is 10.6 Å². The number of halogens is 1. The van der Waals surface area contributed by atoms with Gasteiger partial charge in [0.15, 0.2) is 11.3 Å². The van der Waals surface area contributed by atoms with Crippen LogP contribution in [-0.2, 0) is 4.79 Å². The fourth-order valence-electron chi connectivity index (χ4n) is 3.61. The van der Waals surface area contributed by atoms with Crippen LogP contribution >= 0.6 is 0 Å². The van der Waals surface area contributed by atoms with Crippen molar-refractivity contribution in [2.75, 3.05) is 0 Å². The third kappa shape index (κ3) is 3.45. The molecule has 2 amide bonds. The van der Waals surface area contributed by atoms with Crippen LogP contribution in [0.25, 0.3) is 5.65 Å². The summed E-state index contributed by atoms with van der Waals surface area (Å²) in [6.07, 6.45) is 0.754. The number of fused-ring (bicyclic) bond motifs is 1. The first-order valence-corrected chi connectivity index (χ1v) is 9.10. The van der Waals surface area contributed by atoms with Gasteiger partial charge in [-0.25, -0.2) is 13.9 Å². The first-order chi connectivity index (χ1) is 13.4. The number of carbonyl (C=O) groups excluding carboxylic acids is 2. The number of aromatic nitrogens is 3. The van der Waals surface area contributed by atoms with Crippen molar-refractivity contribution < 1.29 is 14.0 Å². The Morgan fingerprint density at radius 1 is 1.29 bits per heavy atom. The molecular weight excluding hydrogens is 361 g/mol. The van der Waals surface area contributed by atoms with Gasteiger partial charge >= 0.3 is 0 Å². The Bertz CT molecular complexity index is 1080. The minimum atomic E-state index is -0.500. The largest absolute Gasteiger partial charge is 0.347 e. The third-order valence-electron chi connectivity index (χ3n) is 4.89. The zero-order valence-electron chi connectivity index (χ0n) is 15.6. The number of benzene rings is 1. The molecule has 1 aromatic carbocycles. The first-order valence-electron chi connectivity index (χ1n) is 9.10. The Hall–Kier alpha value is -3.29. The van der Waals surface area contributed by atoms with E-state index in [9.17, 15) is 14.0 Å². The number of nitrogens with zero attached hydrogens (tertiary/aromatic N) is 3. The summed E-state index contributed by atoms with van der Waals surface area (Å²) in [6, 6.07) is 8.69. The molecule has 1 saturated heterocycles. The number of hydrogen-bond donors (Lipinski definition) is 2. The maximum atomic E-state index is 13.6. The predicted octanol–water partition coefficient (Wildman–Crippen LogP) is 2.23. The molecular formula is C20H20FN5O2. The Kier molecular flexibility index (Phi) is 4.54. The Morgan fingerprint density at radius 3 is 2.89 bits per heavy atom. The molecule has 2 N–H and O–H groups in total. The van der Waals surface area contributed by atoms with Gasteiger partial charge in [-0.15, -0.1) is 0 Å². The normalized spacial score (nSPS) is 19.5. The van der Waals surface area contributed by atoms with E-state index in [2.05, 4.69) is 20.7 Å². The summed E-state index contributed by atoms with van der Waals surface area (Å²) in [4.78, 5) is 29.1. The van der Waals surface area contributed by atoms with Gasteiger partial charge in [0.05, 0.1) is 12.1 Å². The summed E-state index contributed by atoms with van der Waals surface area (Å²) >= 11 is 0. The molecule has 0 spiro atoms. The number of amides is 2. The standard InChI is InChI=1S/C20H20FN5O2/c1-11-8-12(2)26-17(22-11)10-16(25-26)20(28)23-15-6-7-18(27)24-19(15)13-4-3-5-14(21)9-13/h3-5,8-10,15,19H,6-7H2,1-2H3,(H,23,28)(H,24,27). The van der Waals surface area contributed by atoms with Crippen LogP contribution in [0.2, 0.25) is 0 Å². The molecule has 28 heavy (non-hydrogen) atoms. The third-order valence-corrected chi connectivity index (χ3v) is 4.89. The molecule has 4 rings (SSSR count). The van der Waals surface area contributed by atoms with Crippen molar-refractivity contribution in [1.82, 2.24) is 25.2 Å². The molecule has 8 heteroatoms. The van der Waals surface area contributed by atoms with Crippen molar-refractivity contribution in [3.63, 3.8) is 0 Å². The fraction of sp³-hybridized carbons (Fsp3) is 0.300. The van der Waals surface area contributed by atoms with Gasteiger partial charge in [-0.3, -0.25) is 9.59 Å². The van der Waals surface area contributed by atoms with Gasteiger partial charge < -0.3 is 10.6 Å². The summed E-state index contributed by atoms with van der Waals surface area (Å²) in [5.74, 6) is -0.868. The Balaban J connectivity index is 1.60. The highest BCUT2D eigenvalue weighted by Crippen LogP contribution is 2.25. The monoisotopic (exact) mass is 381 g/mol. The molecule has 0 bridgehead atoms. The van der Waals surface area contributed by atoms with Crippen molar-refractivity contribution >= 4 is 17.5 Å². The fourth-order valence-corrected chi connectivity index (χ4v) is 3.61. The van der Waals surface area contributed by atoms with Crippen molar-refractivity contribution in [2.45, 2.75) is 38.8 Å². The van der Waals surface area contributed by atoms with Crippen LogP contribution in [0.3, 0.4) is 0 Å². The van der Waals surface area contributed by atoms with E-state index in [0.29, 0.717) is 24.1 Å². The minimum Gasteiger partial charge on any atom is -0.347 e. The van der Waals surface area contributed by atoms with Crippen molar-refractivity contribution in [3.05, 3.63) is 64.9 Å². The van der Waals surface area contributed by atoms with E-state index >= 15 is 0 Å². The molecule has 2 unspecified atom stereocenters. The molecule has 144 valence electrons. The van der Waals surface area contributed by atoms with Gasteiger partial charge in [-0.05, 0) is 44.0 Å². The highest BCUT2D eigenvalue weighted by atomic mass is 19.1. The van der Waals surface area contributed by atoms with Gasteiger partial charge in [-0.1, -0.05) is 12.1 Å². The molecule has 2 aromatic heterocycles. The van der Waals surface area contributed by atoms with Crippen LogP contribution in [0.4, 0.5) is 4.39 Å². The molecule has 0 saturated carbocycles. The molecule has 1 aliphatic heterocycles. The maximum absolute atomic E-state index is 13.6. The second kappa shape index (κ2) is 7.03. The van der Waals surface area contributed by atoms with Crippen molar-refractivity contribution in [1.29, 1.82) is 0 Å². The number of nitrogens with one attached hydrogen (secondary N) is 2. The van der Waals surface area contributed by atoms with E-state index in [-0.39, 0.29) is 29.4 Å². The lowest BCUT2D eigenvalue weighted by Crippen LogP contribution is -2.50. The van der Waals surface area contributed by atoms with E-state index < -0.39 is 6.04 Å². The van der Waals surface area contributed by atoms with Crippen LogP contribution in [0.1, 0.15) is 46.3 Å². The van der Waals surface area contributed by atoms with Crippen LogP contribution in [0.5, 0.6) is 0 Å². The lowest BCUT2D eigenvalue weighted by molar-refractivity contribution is -0.123. The van der Waals surface area contributed by atoms with E-state index in [4.69, 9.17) is 0 Å². The van der Waals surface area contributed by atoms with E-state index in [1.165, 1.54) is 12.1 Å². The quantitative estimate of drug-likeness (QED) is 0.728. The van der Waals surface area contributed by atoms with E-state index in [1.807, 2.05) is 19.9 Å². The van der Waals surface area contributed by atoms with E-state index in [1.54, 1.807) is 22.7 Å². The first kappa shape index (κ1) is 18.1. The van der Waals surface area contributed by atoms with Gasteiger partial charge in [0.25, 0.3) is 5.91 Å². The topological polar surface area (TPSA) is 88.4 Å². The van der Waals surface area contributed by atoms with Gasteiger partial charge in [-0.2, -0.15) is 5.10 Å². The van der Waals surface area contributed by atoms with Gasteiger partial charge in [0.1, 0.15) is 5.82 Å². The average Bonchev–Trinajstić information content (AvgIpc) is 3.07. The zero-order chi connectivity index (χ0) is 19.8. The lowest BCUT2D eigenvalue weighted by Gasteiger charge is -2.33. The summed E-state index contributed by atoms with van der Waals surface area (Å²) in [6.45, 7) is 3.78. The summed E-state index contributed by atoms with van der Waals surface area (Å²) < 4.78 is 15.3. The molecule has 2 atom stereocenters. The van der Waals surface area contributed by atoms with Crippen molar-refractivity contribution in [3.8, 4) is 0 Å². The lowest BCUT2D eigenvalue weighted by atomic mass is 9.91. The summed E-state index contributed by atoms with van der Waals surface area (Å²) in [5, 5.41) is 10.1. The average molecular weight is 381 g/mol. The second-order valence-corrected chi connectivity index (χ2v) is 7.06. The predicted molar refractivity (Wildman–Crippen MR) is 100 cm³/mol. The van der Waals surface area contributed by atoms with Gasteiger partial charge in [0, 0.05) is 23.9 Å². The summed E-state index contributed by atoms with van der Waals surface area (Å²) in [5.41, 5.74) is 3.18. The minimum absolute atomic E-state index is 0.122. The summed E-state index contributed by atoms with van der Waals surface area (Å²) in [7, 11) is 0. The molecule has 1 aliphatic rings. The molecule has 3 aromatic rings. The van der Waals surface area contributed by atoms with Crippen LogP contribution in [0, 0.1) is 19.7 Å². The number of carbonyl (C=O) groups is 2. The second-order valence-electron chi connectivity index (χ2n) is 7.06. The highest BCUT2D eigenvalue weighted by molar-refractivity contribution is 5.93. The highest BCUT2D eigenvalue weighted by Gasteiger charge is 2.32. The number of piperidine rings is 1. The number of aryl methyl sites for hydroxylation is 2. The van der Waals surface area contributed by atoms with E-state index in [0.717, 1.165) is 11.4 Å². The molecule has 1 fully saturated rings.